The summed E-state index contributed by atoms with van der Waals surface area (Å²) in [6.45, 7) is 0. The third kappa shape index (κ3) is 8.25. The molecule has 1 aromatic carbocycles. The van der Waals surface area contributed by atoms with Crippen LogP contribution in [-0.4, -0.2) is 45.0 Å². The van der Waals surface area contributed by atoms with Gasteiger partial charge in [-0.15, -0.1) is 0 Å². The molecule has 3 rings (SSSR count). The molecule has 0 aliphatic heterocycles. The number of halogens is 1. The van der Waals surface area contributed by atoms with Gasteiger partial charge in [0.25, 0.3) is 0 Å². The highest BCUT2D eigenvalue weighted by molar-refractivity contribution is 7.45. The van der Waals surface area contributed by atoms with E-state index >= 15 is 0 Å². The Morgan fingerprint density at radius 3 is 2.18 bits per heavy atom. The first kappa shape index (κ1) is 18.0. The van der Waals surface area contributed by atoms with Crippen molar-refractivity contribution in [1.82, 2.24) is 30.4 Å². The summed E-state index contributed by atoms with van der Waals surface area (Å²) in [5.41, 5.74) is 0.848. The van der Waals surface area contributed by atoms with Gasteiger partial charge in [-0.3, -0.25) is 10.2 Å². The average Bonchev–Trinajstić information content (AvgIpc) is 3.14. The Hall–Kier alpha value is -2.10. The zero-order valence-electron chi connectivity index (χ0n) is 10.9. The number of rotatable bonds is 1. The summed E-state index contributed by atoms with van der Waals surface area (Å²) < 4.78 is 8.88. The van der Waals surface area contributed by atoms with Gasteiger partial charge in [-0.2, -0.15) is 10.2 Å². The summed E-state index contributed by atoms with van der Waals surface area (Å²) in [7, 11) is -4.64. The van der Waals surface area contributed by atoms with Crippen molar-refractivity contribution in [3.05, 3.63) is 48.3 Å². The van der Waals surface area contributed by atoms with Gasteiger partial charge in [0.2, 0.25) is 0 Å². The van der Waals surface area contributed by atoms with E-state index in [2.05, 4.69) is 30.4 Å². The van der Waals surface area contributed by atoms with E-state index in [0.717, 1.165) is 5.56 Å². The van der Waals surface area contributed by atoms with E-state index in [1.54, 1.807) is 0 Å². The standard InChI is InChI=1S/C8H6ClN3.C2H3N3.H3O4P/c9-7-4-2-1-3-6(7)8-10-5-11-12-8;1-3-2-5-4-1;1-5(2,3)4/h1-5H,(H,10,11,12);1-2H,(H,3,4,5);(H3,1,2,3,4). The Morgan fingerprint density at radius 1 is 1.09 bits per heavy atom. The number of nitrogens with zero attached hydrogens (tertiary/aromatic N) is 4. The van der Waals surface area contributed by atoms with Crippen LogP contribution in [0, 0.1) is 0 Å². The number of H-pyrrole nitrogens is 2. The number of benzene rings is 1. The van der Waals surface area contributed by atoms with Crippen LogP contribution >= 0.6 is 19.4 Å². The van der Waals surface area contributed by atoms with Crippen molar-refractivity contribution in [3.63, 3.8) is 0 Å². The van der Waals surface area contributed by atoms with E-state index in [4.69, 9.17) is 30.8 Å². The second-order valence-electron chi connectivity index (χ2n) is 3.47. The van der Waals surface area contributed by atoms with Crippen molar-refractivity contribution >= 4 is 19.4 Å². The topological polar surface area (TPSA) is 161 Å². The van der Waals surface area contributed by atoms with Crippen LogP contribution in [-0.2, 0) is 4.57 Å². The maximum absolute atomic E-state index is 8.88. The molecule has 0 aliphatic rings. The van der Waals surface area contributed by atoms with Crippen LogP contribution in [0.1, 0.15) is 0 Å². The van der Waals surface area contributed by atoms with E-state index in [0.29, 0.717) is 10.8 Å². The summed E-state index contributed by atoms with van der Waals surface area (Å²) in [5.74, 6) is 0.626. The van der Waals surface area contributed by atoms with Crippen molar-refractivity contribution < 1.29 is 19.2 Å². The summed E-state index contributed by atoms with van der Waals surface area (Å²) >= 11 is 5.92. The average molecular weight is 347 g/mol. The number of aromatic amines is 2. The third-order valence-corrected chi connectivity index (χ3v) is 2.19. The molecule has 10 nitrogen and oxygen atoms in total. The molecule has 0 radical (unpaired) electrons. The van der Waals surface area contributed by atoms with Crippen molar-refractivity contribution in [2.75, 3.05) is 0 Å². The molecule has 0 saturated carbocycles. The summed E-state index contributed by atoms with van der Waals surface area (Å²) in [5, 5.41) is 13.2. The Bertz CT molecular complexity index is 662. The molecular weight excluding hydrogens is 335 g/mol. The van der Waals surface area contributed by atoms with Crippen LogP contribution in [0.25, 0.3) is 11.4 Å². The lowest BCUT2D eigenvalue weighted by molar-refractivity contribution is 0.275. The lowest BCUT2D eigenvalue weighted by atomic mass is 10.2. The molecule has 0 aliphatic carbocycles. The van der Waals surface area contributed by atoms with Crippen LogP contribution < -0.4 is 0 Å². The molecule has 0 atom stereocenters. The van der Waals surface area contributed by atoms with E-state index in [9.17, 15) is 0 Å². The molecule has 0 bridgehead atoms. The first-order valence-electron chi connectivity index (χ1n) is 5.55. The Balaban J connectivity index is 0.000000201. The quantitative estimate of drug-likeness (QED) is 0.408. The minimum absolute atomic E-state index is 0.626. The van der Waals surface area contributed by atoms with Gasteiger partial charge < -0.3 is 14.7 Å². The summed E-state index contributed by atoms with van der Waals surface area (Å²) in [6, 6.07) is 7.47. The Morgan fingerprint density at radius 2 is 1.77 bits per heavy atom. The fourth-order valence-electron chi connectivity index (χ4n) is 1.15. The van der Waals surface area contributed by atoms with Crippen LogP contribution in [0.3, 0.4) is 0 Å². The molecule has 0 saturated heterocycles. The summed E-state index contributed by atoms with van der Waals surface area (Å²) in [4.78, 5) is 29.1. The largest absolute Gasteiger partial charge is 0.466 e. The van der Waals surface area contributed by atoms with Crippen LogP contribution in [0.5, 0.6) is 0 Å². The van der Waals surface area contributed by atoms with Crippen LogP contribution in [0.15, 0.2) is 43.2 Å². The highest BCUT2D eigenvalue weighted by Crippen LogP contribution is 2.25. The third-order valence-electron chi connectivity index (χ3n) is 1.86. The molecule has 0 spiro atoms. The summed E-state index contributed by atoms with van der Waals surface area (Å²) in [6.07, 6.45) is 4.48. The van der Waals surface area contributed by atoms with Gasteiger partial charge in [0.1, 0.15) is 19.0 Å². The number of nitrogens with one attached hydrogen (secondary N) is 2. The molecule has 0 unspecified atom stereocenters. The Labute approximate surface area is 129 Å². The van der Waals surface area contributed by atoms with Crippen molar-refractivity contribution in [2.24, 2.45) is 0 Å². The van der Waals surface area contributed by atoms with Gasteiger partial charge >= 0.3 is 7.82 Å². The van der Waals surface area contributed by atoms with Crippen molar-refractivity contribution in [1.29, 1.82) is 0 Å². The smallest absolute Gasteiger partial charge is 0.303 e. The zero-order chi connectivity index (χ0) is 16.4. The molecule has 5 N–H and O–H groups in total. The highest BCUT2D eigenvalue weighted by Gasteiger charge is 2.04. The van der Waals surface area contributed by atoms with Gasteiger partial charge in [-0.05, 0) is 12.1 Å². The first-order valence-corrected chi connectivity index (χ1v) is 7.50. The van der Waals surface area contributed by atoms with Gasteiger partial charge in [-0.25, -0.2) is 14.5 Å². The predicted molar refractivity (Wildman–Crippen MR) is 77.5 cm³/mol. The van der Waals surface area contributed by atoms with Gasteiger partial charge in [-0.1, -0.05) is 23.7 Å². The minimum atomic E-state index is -4.64. The molecule has 3 aromatic rings. The lowest BCUT2D eigenvalue weighted by Crippen LogP contribution is -1.80. The molecule has 22 heavy (non-hydrogen) atoms. The number of hydrogen-bond donors (Lipinski definition) is 5. The van der Waals surface area contributed by atoms with E-state index in [1.165, 1.54) is 19.0 Å². The number of hydrogen-bond acceptors (Lipinski definition) is 5. The normalized spacial score (nSPS) is 10.0. The zero-order valence-corrected chi connectivity index (χ0v) is 12.6. The fraction of sp³-hybridized carbons (Fsp3) is 0. The van der Waals surface area contributed by atoms with Crippen LogP contribution in [0.4, 0.5) is 0 Å². The second kappa shape index (κ2) is 9.03. The first-order chi connectivity index (χ1) is 10.4. The molecule has 0 amide bonds. The van der Waals surface area contributed by atoms with E-state index < -0.39 is 7.82 Å². The van der Waals surface area contributed by atoms with E-state index in [-0.39, 0.29) is 0 Å². The predicted octanol–water partition coefficient (Wildman–Crippen LogP) is 1.00. The molecule has 118 valence electrons. The maximum atomic E-state index is 8.88. The van der Waals surface area contributed by atoms with Crippen molar-refractivity contribution in [3.8, 4) is 11.4 Å². The molecule has 0 fully saturated rings. The SMILES string of the molecule is Clc1ccccc1-c1nc[nH]n1.O=P(O)(O)O.c1nc[nH]n1. The molecule has 12 heteroatoms. The van der Waals surface area contributed by atoms with Gasteiger partial charge in [0.05, 0.1) is 5.02 Å². The molecule has 2 aromatic heterocycles. The monoisotopic (exact) mass is 346 g/mol. The highest BCUT2D eigenvalue weighted by atomic mass is 35.5. The molecular formula is C10H12ClN6O4P. The second-order valence-corrected chi connectivity index (χ2v) is 4.90. The minimum Gasteiger partial charge on any atom is -0.303 e. The van der Waals surface area contributed by atoms with E-state index in [1.807, 2.05) is 24.3 Å². The van der Waals surface area contributed by atoms with Crippen molar-refractivity contribution in [2.45, 2.75) is 0 Å². The number of phosphoric acid groups is 1. The number of aromatic nitrogens is 6. The van der Waals surface area contributed by atoms with Gasteiger partial charge in [0.15, 0.2) is 5.82 Å². The maximum Gasteiger partial charge on any atom is 0.466 e. The lowest BCUT2D eigenvalue weighted by Gasteiger charge is -1.96. The van der Waals surface area contributed by atoms with Crippen LogP contribution in [0.2, 0.25) is 5.02 Å². The molecule has 2 heterocycles. The van der Waals surface area contributed by atoms with Gasteiger partial charge in [0, 0.05) is 5.56 Å². The Kier molecular flexibility index (Phi) is 7.37. The fourth-order valence-corrected chi connectivity index (χ4v) is 1.37.